The predicted octanol–water partition coefficient (Wildman–Crippen LogP) is 1.55. The Hall–Kier alpha value is -1.56. The van der Waals surface area contributed by atoms with E-state index in [4.69, 9.17) is 0 Å². The van der Waals surface area contributed by atoms with Crippen LogP contribution in [-0.4, -0.2) is 54.5 Å². The molecule has 1 saturated heterocycles. The van der Waals surface area contributed by atoms with E-state index >= 15 is 0 Å². The van der Waals surface area contributed by atoms with E-state index < -0.39 is 0 Å². The Bertz CT molecular complexity index is 439. The number of thiophene rings is 1. The smallest absolute Gasteiger partial charge is 0.317 e. The molecule has 1 aliphatic heterocycles. The number of piperazine rings is 1. The molecule has 0 aromatic carbocycles. The molecular weight excluding hydrogens is 274 g/mol. The number of hydrogen-bond acceptors (Lipinski definition) is 3. The molecule has 0 aliphatic carbocycles. The van der Waals surface area contributed by atoms with Crippen molar-refractivity contribution in [1.82, 2.24) is 15.1 Å². The lowest BCUT2D eigenvalue weighted by atomic mass is 10.2. The molecule has 20 heavy (non-hydrogen) atoms. The molecular formula is C14H21N3O2S. The summed E-state index contributed by atoms with van der Waals surface area (Å²) in [5.74, 6) is 0.189. The van der Waals surface area contributed by atoms with Crippen LogP contribution < -0.4 is 5.32 Å². The van der Waals surface area contributed by atoms with Gasteiger partial charge in [-0.05, 0) is 24.8 Å². The molecule has 0 unspecified atom stereocenters. The summed E-state index contributed by atoms with van der Waals surface area (Å²) in [7, 11) is 0. The summed E-state index contributed by atoms with van der Waals surface area (Å²) in [5.41, 5.74) is 0. The number of hydrogen-bond donors (Lipinski definition) is 1. The minimum absolute atomic E-state index is 0.0295. The highest BCUT2D eigenvalue weighted by atomic mass is 32.1. The van der Waals surface area contributed by atoms with Gasteiger partial charge in [-0.1, -0.05) is 6.07 Å². The van der Waals surface area contributed by atoms with E-state index in [9.17, 15) is 9.59 Å². The third-order valence-corrected chi connectivity index (χ3v) is 4.35. The molecule has 2 rings (SSSR count). The number of nitrogens with one attached hydrogen (secondary N) is 1. The highest BCUT2D eigenvalue weighted by Gasteiger charge is 2.23. The zero-order valence-corrected chi connectivity index (χ0v) is 12.6. The lowest BCUT2D eigenvalue weighted by Gasteiger charge is -2.34. The highest BCUT2D eigenvalue weighted by molar-refractivity contribution is 7.09. The second-order valence-electron chi connectivity index (χ2n) is 4.78. The fourth-order valence-electron chi connectivity index (χ4n) is 2.27. The molecule has 0 bridgehead atoms. The Kier molecular flexibility index (Phi) is 5.40. The molecule has 1 aromatic heterocycles. The van der Waals surface area contributed by atoms with Crippen LogP contribution in [0.1, 0.15) is 18.2 Å². The van der Waals surface area contributed by atoms with Crippen LogP contribution in [0.2, 0.25) is 0 Å². The number of carbonyl (C=O) groups is 2. The molecule has 1 aromatic rings. The summed E-state index contributed by atoms with van der Waals surface area (Å²) in [6.07, 6.45) is 1.37. The summed E-state index contributed by atoms with van der Waals surface area (Å²) in [4.78, 5) is 28.7. The fourth-order valence-corrected chi connectivity index (χ4v) is 2.97. The number of urea groups is 1. The Morgan fingerprint density at radius 1 is 1.25 bits per heavy atom. The zero-order chi connectivity index (χ0) is 14.4. The molecule has 3 amide bonds. The van der Waals surface area contributed by atoms with Crippen molar-refractivity contribution in [1.29, 1.82) is 0 Å². The van der Waals surface area contributed by atoms with Gasteiger partial charge < -0.3 is 15.1 Å². The van der Waals surface area contributed by atoms with Crippen LogP contribution in [-0.2, 0) is 11.2 Å². The summed E-state index contributed by atoms with van der Waals surface area (Å²) >= 11 is 1.69. The third kappa shape index (κ3) is 3.96. The lowest BCUT2D eigenvalue weighted by Crippen LogP contribution is -2.53. The normalized spacial score (nSPS) is 15.2. The topological polar surface area (TPSA) is 52.7 Å². The third-order valence-electron chi connectivity index (χ3n) is 3.41. The Balaban J connectivity index is 1.73. The Morgan fingerprint density at radius 3 is 2.55 bits per heavy atom. The van der Waals surface area contributed by atoms with Crippen molar-refractivity contribution in [3.8, 4) is 0 Å². The van der Waals surface area contributed by atoms with Crippen LogP contribution in [0.4, 0.5) is 4.79 Å². The number of rotatable bonds is 4. The van der Waals surface area contributed by atoms with Crippen molar-refractivity contribution in [2.75, 3.05) is 32.7 Å². The predicted molar refractivity (Wildman–Crippen MR) is 79.9 cm³/mol. The van der Waals surface area contributed by atoms with Crippen molar-refractivity contribution in [3.63, 3.8) is 0 Å². The van der Waals surface area contributed by atoms with E-state index in [0.717, 1.165) is 6.42 Å². The highest BCUT2D eigenvalue weighted by Crippen LogP contribution is 2.12. The molecule has 1 fully saturated rings. The van der Waals surface area contributed by atoms with Crippen molar-refractivity contribution in [3.05, 3.63) is 22.4 Å². The van der Waals surface area contributed by atoms with E-state index in [-0.39, 0.29) is 11.9 Å². The number of aryl methyl sites for hydroxylation is 1. The first-order valence-corrected chi connectivity index (χ1v) is 7.91. The molecule has 6 heteroatoms. The van der Waals surface area contributed by atoms with Gasteiger partial charge in [0, 0.05) is 44.0 Å². The minimum atomic E-state index is -0.0295. The second kappa shape index (κ2) is 7.28. The van der Waals surface area contributed by atoms with Crippen LogP contribution in [0.3, 0.4) is 0 Å². The van der Waals surface area contributed by atoms with E-state index in [1.54, 1.807) is 16.2 Å². The fraction of sp³-hybridized carbons (Fsp3) is 0.571. The minimum Gasteiger partial charge on any atom is -0.339 e. The largest absolute Gasteiger partial charge is 0.339 e. The quantitative estimate of drug-likeness (QED) is 0.916. The van der Waals surface area contributed by atoms with Crippen LogP contribution in [0.25, 0.3) is 0 Å². The van der Waals surface area contributed by atoms with E-state index in [1.165, 1.54) is 4.88 Å². The van der Waals surface area contributed by atoms with Crippen molar-refractivity contribution in [2.24, 2.45) is 0 Å². The van der Waals surface area contributed by atoms with E-state index in [0.29, 0.717) is 39.1 Å². The van der Waals surface area contributed by atoms with Gasteiger partial charge in [-0.25, -0.2) is 4.79 Å². The van der Waals surface area contributed by atoms with Crippen LogP contribution in [0, 0.1) is 0 Å². The van der Waals surface area contributed by atoms with Crippen molar-refractivity contribution < 1.29 is 9.59 Å². The molecule has 0 radical (unpaired) electrons. The van der Waals surface area contributed by atoms with E-state index in [2.05, 4.69) is 11.4 Å². The summed E-state index contributed by atoms with van der Waals surface area (Å²) in [5, 5.41) is 4.82. The maximum absolute atomic E-state index is 12.1. The first-order chi connectivity index (χ1) is 9.70. The molecule has 0 spiro atoms. The first kappa shape index (κ1) is 14.8. The molecule has 0 atom stereocenters. The van der Waals surface area contributed by atoms with Gasteiger partial charge in [0.05, 0.1) is 0 Å². The van der Waals surface area contributed by atoms with Gasteiger partial charge >= 0.3 is 6.03 Å². The van der Waals surface area contributed by atoms with Crippen LogP contribution in [0.15, 0.2) is 17.5 Å². The summed E-state index contributed by atoms with van der Waals surface area (Å²) in [6, 6.07) is 4.04. The molecule has 1 aliphatic rings. The maximum Gasteiger partial charge on any atom is 0.317 e. The molecule has 2 heterocycles. The number of amides is 3. The standard InChI is InChI=1S/C14H21N3O2S/c1-2-15-14(19)17-9-7-16(8-10-17)13(18)6-5-12-4-3-11-20-12/h3-4,11H,2,5-10H2,1H3,(H,15,19). The van der Waals surface area contributed by atoms with Gasteiger partial charge in [0.25, 0.3) is 0 Å². The zero-order valence-electron chi connectivity index (χ0n) is 11.8. The number of nitrogens with zero attached hydrogens (tertiary/aromatic N) is 2. The first-order valence-electron chi connectivity index (χ1n) is 7.03. The van der Waals surface area contributed by atoms with Gasteiger partial charge in [0.15, 0.2) is 0 Å². The SMILES string of the molecule is CCNC(=O)N1CCN(C(=O)CCc2cccs2)CC1. The lowest BCUT2D eigenvalue weighted by molar-refractivity contribution is -0.132. The van der Waals surface area contributed by atoms with E-state index in [1.807, 2.05) is 23.3 Å². The molecule has 1 N–H and O–H groups in total. The monoisotopic (exact) mass is 295 g/mol. The van der Waals surface area contributed by atoms with Crippen LogP contribution >= 0.6 is 11.3 Å². The average Bonchev–Trinajstić information content (AvgIpc) is 2.98. The molecule has 110 valence electrons. The Morgan fingerprint density at radius 2 is 1.95 bits per heavy atom. The summed E-state index contributed by atoms with van der Waals surface area (Å²) in [6.45, 7) is 5.06. The number of carbonyl (C=O) groups excluding carboxylic acids is 2. The van der Waals surface area contributed by atoms with Gasteiger partial charge in [-0.3, -0.25) is 4.79 Å². The Labute approximate surface area is 123 Å². The average molecular weight is 295 g/mol. The van der Waals surface area contributed by atoms with Gasteiger partial charge in [0.1, 0.15) is 0 Å². The van der Waals surface area contributed by atoms with Gasteiger partial charge in [0.2, 0.25) is 5.91 Å². The van der Waals surface area contributed by atoms with Gasteiger partial charge in [-0.15, -0.1) is 11.3 Å². The van der Waals surface area contributed by atoms with Gasteiger partial charge in [-0.2, -0.15) is 0 Å². The second-order valence-corrected chi connectivity index (χ2v) is 5.81. The molecule has 0 saturated carbocycles. The van der Waals surface area contributed by atoms with Crippen LogP contribution in [0.5, 0.6) is 0 Å². The maximum atomic E-state index is 12.1. The van der Waals surface area contributed by atoms with Crippen molar-refractivity contribution in [2.45, 2.75) is 19.8 Å². The molecule has 5 nitrogen and oxygen atoms in total. The summed E-state index contributed by atoms with van der Waals surface area (Å²) < 4.78 is 0. The van der Waals surface area contributed by atoms with Crippen molar-refractivity contribution >= 4 is 23.3 Å².